The monoisotopic (exact) mass is 497 g/mol. The fourth-order valence-electron chi connectivity index (χ4n) is 3.40. The van der Waals surface area contributed by atoms with Gasteiger partial charge in [-0.3, -0.25) is 14.2 Å². The Labute approximate surface area is 209 Å². The Bertz CT molecular complexity index is 1150. The second-order valence-corrected chi connectivity index (χ2v) is 8.52. The first-order valence-corrected chi connectivity index (χ1v) is 12.5. The minimum atomic E-state index is -0.308. The lowest BCUT2D eigenvalue weighted by Gasteiger charge is -2.17. The van der Waals surface area contributed by atoms with Gasteiger partial charge in [0.25, 0.3) is 0 Å². The number of para-hydroxylation sites is 1. The summed E-state index contributed by atoms with van der Waals surface area (Å²) in [4.78, 5) is 26.6. The van der Waals surface area contributed by atoms with Crippen LogP contribution in [0.4, 0.5) is 5.69 Å². The molecule has 1 aromatic heterocycles. The summed E-state index contributed by atoms with van der Waals surface area (Å²) < 4.78 is 13.0. The molecule has 9 nitrogen and oxygen atoms in total. The molecule has 186 valence electrons. The lowest BCUT2D eigenvalue weighted by Crippen LogP contribution is -2.36. The van der Waals surface area contributed by atoms with Crippen molar-refractivity contribution in [2.75, 3.05) is 37.9 Å². The summed E-state index contributed by atoms with van der Waals surface area (Å²) >= 11 is 1.28. The van der Waals surface area contributed by atoms with Crippen LogP contribution in [-0.4, -0.2) is 64.0 Å². The fourth-order valence-corrected chi connectivity index (χ4v) is 4.26. The maximum Gasteiger partial charge on any atom is 0.243 e. The van der Waals surface area contributed by atoms with Crippen LogP contribution in [0.1, 0.15) is 26.3 Å². The Hall–Kier alpha value is -3.53. The van der Waals surface area contributed by atoms with Crippen molar-refractivity contribution in [3.05, 3.63) is 54.4 Å². The normalized spacial score (nSPS) is 10.6. The maximum absolute atomic E-state index is 12.7. The average Bonchev–Trinajstić information content (AvgIpc) is 3.32. The number of nitrogens with one attached hydrogen (secondary N) is 1. The van der Waals surface area contributed by atoms with E-state index in [0.29, 0.717) is 35.6 Å². The zero-order chi connectivity index (χ0) is 25.2. The van der Waals surface area contributed by atoms with Crippen LogP contribution < -0.4 is 14.8 Å². The van der Waals surface area contributed by atoms with E-state index in [9.17, 15) is 9.59 Å². The van der Waals surface area contributed by atoms with E-state index in [1.807, 2.05) is 36.6 Å². The molecule has 0 radical (unpaired) electrons. The van der Waals surface area contributed by atoms with Gasteiger partial charge in [-0.2, -0.15) is 0 Å². The van der Waals surface area contributed by atoms with E-state index in [0.717, 1.165) is 17.7 Å². The molecule has 0 spiro atoms. The summed E-state index contributed by atoms with van der Waals surface area (Å²) in [5.74, 6) is 0.810. The SMILES string of the molecule is CCOc1ccc(NC(=O)CN(C)C(=O)CSc2nncn2-c2ccccc2CC)cc1OCC. The van der Waals surface area contributed by atoms with Gasteiger partial charge in [0.05, 0.1) is 31.2 Å². The quantitative estimate of drug-likeness (QED) is 0.380. The number of benzene rings is 2. The Kier molecular flexibility index (Phi) is 9.54. The highest BCUT2D eigenvalue weighted by Crippen LogP contribution is 2.30. The lowest BCUT2D eigenvalue weighted by atomic mass is 10.1. The Morgan fingerprint density at radius 1 is 1.06 bits per heavy atom. The van der Waals surface area contributed by atoms with Crippen molar-refractivity contribution in [1.82, 2.24) is 19.7 Å². The van der Waals surface area contributed by atoms with Gasteiger partial charge in [0.15, 0.2) is 16.7 Å². The highest BCUT2D eigenvalue weighted by Gasteiger charge is 2.17. The Morgan fingerprint density at radius 2 is 1.80 bits per heavy atom. The second-order valence-electron chi connectivity index (χ2n) is 7.58. The van der Waals surface area contributed by atoms with Gasteiger partial charge in [-0.05, 0) is 44.0 Å². The van der Waals surface area contributed by atoms with Crippen LogP contribution in [0.2, 0.25) is 0 Å². The van der Waals surface area contributed by atoms with E-state index in [2.05, 4.69) is 28.5 Å². The molecule has 0 saturated heterocycles. The zero-order valence-electron chi connectivity index (χ0n) is 20.5. The van der Waals surface area contributed by atoms with Crippen molar-refractivity contribution in [3.8, 4) is 17.2 Å². The first kappa shape index (κ1) is 26.1. The first-order chi connectivity index (χ1) is 17.0. The molecule has 2 amide bonds. The second kappa shape index (κ2) is 12.8. The van der Waals surface area contributed by atoms with E-state index in [1.165, 1.54) is 16.7 Å². The number of carbonyl (C=O) groups is 2. The number of hydrogen-bond acceptors (Lipinski definition) is 7. The molecule has 3 rings (SSSR count). The van der Waals surface area contributed by atoms with Crippen molar-refractivity contribution in [2.24, 2.45) is 0 Å². The summed E-state index contributed by atoms with van der Waals surface area (Å²) in [7, 11) is 1.60. The topological polar surface area (TPSA) is 98.6 Å². The minimum Gasteiger partial charge on any atom is -0.490 e. The van der Waals surface area contributed by atoms with Gasteiger partial charge >= 0.3 is 0 Å². The number of hydrogen-bond donors (Lipinski definition) is 1. The smallest absolute Gasteiger partial charge is 0.243 e. The summed E-state index contributed by atoms with van der Waals surface area (Å²) in [6.45, 7) is 6.77. The van der Waals surface area contributed by atoms with Crippen LogP contribution in [0.5, 0.6) is 11.5 Å². The number of ether oxygens (including phenoxy) is 2. The third-order valence-electron chi connectivity index (χ3n) is 5.11. The predicted molar refractivity (Wildman–Crippen MR) is 137 cm³/mol. The van der Waals surface area contributed by atoms with Gasteiger partial charge in [-0.1, -0.05) is 36.9 Å². The van der Waals surface area contributed by atoms with Gasteiger partial charge in [0, 0.05) is 18.8 Å². The standard InChI is InChI=1S/C25H31N5O4S/c1-5-18-10-8-9-11-20(18)30-17-26-28-25(30)35-16-24(32)29(4)15-23(31)27-19-12-13-21(33-6-2)22(14-19)34-7-3/h8-14,17H,5-7,15-16H2,1-4H3,(H,27,31). The molecule has 0 saturated carbocycles. The molecule has 35 heavy (non-hydrogen) atoms. The molecule has 2 aromatic carbocycles. The van der Waals surface area contributed by atoms with E-state index in [4.69, 9.17) is 9.47 Å². The first-order valence-electron chi connectivity index (χ1n) is 11.5. The number of anilines is 1. The summed E-state index contributed by atoms with van der Waals surface area (Å²) in [5.41, 5.74) is 2.72. The van der Waals surface area contributed by atoms with Crippen molar-refractivity contribution < 1.29 is 19.1 Å². The molecule has 1 heterocycles. The number of thioether (sulfide) groups is 1. The predicted octanol–water partition coefficient (Wildman–Crippen LogP) is 3.82. The number of nitrogens with zero attached hydrogens (tertiary/aromatic N) is 4. The van der Waals surface area contributed by atoms with Gasteiger partial charge < -0.3 is 19.7 Å². The molecule has 10 heteroatoms. The molecular weight excluding hydrogens is 466 g/mol. The van der Waals surface area contributed by atoms with E-state index < -0.39 is 0 Å². The molecule has 3 aromatic rings. The highest BCUT2D eigenvalue weighted by atomic mass is 32.2. The molecule has 0 atom stereocenters. The van der Waals surface area contributed by atoms with Crippen molar-refractivity contribution in [1.29, 1.82) is 0 Å². The molecule has 0 aliphatic heterocycles. The largest absolute Gasteiger partial charge is 0.490 e. The van der Waals surface area contributed by atoms with Gasteiger partial charge in [-0.15, -0.1) is 10.2 Å². The molecule has 0 aliphatic rings. The molecule has 0 fully saturated rings. The number of likely N-dealkylation sites (N-methyl/N-ethyl adjacent to an activating group) is 1. The van der Waals surface area contributed by atoms with Gasteiger partial charge in [0.2, 0.25) is 11.8 Å². The molecule has 0 bridgehead atoms. The highest BCUT2D eigenvalue weighted by molar-refractivity contribution is 7.99. The van der Waals surface area contributed by atoms with E-state index in [1.54, 1.807) is 31.6 Å². The molecule has 0 aliphatic carbocycles. The van der Waals surface area contributed by atoms with Gasteiger partial charge in [-0.25, -0.2) is 0 Å². The van der Waals surface area contributed by atoms with Crippen molar-refractivity contribution in [2.45, 2.75) is 32.3 Å². The summed E-state index contributed by atoms with van der Waals surface area (Å²) in [6, 6.07) is 13.2. The molecular formula is C25H31N5O4S. The van der Waals surface area contributed by atoms with Gasteiger partial charge in [0.1, 0.15) is 6.33 Å². The average molecular weight is 498 g/mol. The number of aromatic nitrogens is 3. The molecule has 1 N–H and O–H groups in total. The fraction of sp³-hybridized carbons (Fsp3) is 0.360. The zero-order valence-corrected chi connectivity index (χ0v) is 21.3. The Balaban J connectivity index is 1.57. The van der Waals surface area contributed by atoms with E-state index in [-0.39, 0.29) is 24.1 Å². The van der Waals surface area contributed by atoms with Crippen molar-refractivity contribution in [3.63, 3.8) is 0 Å². The van der Waals surface area contributed by atoms with Crippen LogP contribution in [-0.2, 0) is 16.0 Å². The van der Waals surface area contributed by atoms with Crippen LogP contribution in [0.25, 0.3) is 5.69 Å². The van der Waals surface area contributed by atoms with Crippen LogP contribution in [0.3, 0.4) is 0 Å². The van der Waals surface area contributed by atoms with Crippen LogP contribution >= 0.6 is 11.8 Å². The lowest BCUT2D eigenvalue weighted by molar-refractivity contribution is -0.131. The third kappa shape index (κ3) is 6.98. The number of aryl methyl sites for hydroxylation is 1. The van der Waals surface area contributed by atoms with Crippen LogP contribution in [0, 0.1) is 0 Å². The minimum absolute atomic E-state index is 0.0814. The summed E-state index contributed by atoms with van der Waals surface area (Å²) in [5, 5.41) is 11.6. The van der Waals surface area contributed by atoms with E-state index >= 15 is 0 Å². The Morgan fingerprint density at radius 3 is 2.54 bits per heavy atom. The molecule has 0 unspecified atom stereocenters. The number of rotatable bonds is 12. The number of carbonyl (C=O) groups excluding carboxylic acids is 2. The maximum atomic E-state index is 12.7. The van der Waals surface area contributed by atoms with Crippen LogP contribution in [0.15, 0.2) is 53.9 Å². The third-order valence-corrected chi connectivity index (χ3v) is 6.03. The number of amides is 2. The van der Waals surface area contributed by atoms with Crippen molar-refractivity contribution >= 4 is 29.3 Å². The summed E-state index contributed by atoms with van der Waals surface area (Å²) in [6.07, 6.45) is 2.52.